The number of rotatable bonds is 3. The maximum absolute atomic E-state index is 9.09. The van der Waals surface area contributed by atoms with Crippen LogP contribution in [-0.2, 0) is 12.8 Å². The fourth-order valence-corrected chi connectivity index (χ4v) is 2.60. The van der Waals surface area contributed by atoms with E-state index in [1.807, 2.05) is 16.7 Å². The molecule has 0 aliphatic carbocycles. The zero-order valence-corrected chi connectivity index (χ0v) is 12.4. The number of hydrogen-bond donors (Lipinski definition) is 0. The summed E-state index contributed by atoms with van der Waals surface area (Å²) in [5.41, 5.74) is 4.82. The van der Waals surface area contributed by atoms with Crippen molar-refractivity contribution in [2.24, 2.45) is 0 Å². The van der Waals surface area contributed by atoms with E-state index >= 15 is 0 Å². The van der Waals surface area contributed by atoms with Crippen LogP contribution < -0.4 is 0 Å². The first-order valence-corrected chi connectivity index (χ1v) is 7.23. The molecule has 21 heavy (non-hydrogen) atoms. The van der Waals surface area contributed by atoms with E-state index in [0.29, 0.717) is 11.4 Å². The Morgan fingerprint density at radius 2 is 2.00 bits per heavy atom. The number of nitrogens with zero attached hydrogens (tertiary/aromatic N) is 3. The minimum absolute atomic E-state index is 0.313. The number of hydrogen-bond acceptors (Lipinski definition) is 2. The van der Waals surface area contributed by atoms with Gasteiger partial charge in [0.1, 0.15) is 5.65 Å². The first-order chi connectivity index (χ1) is 10.2. The molecule has 0 N–H and O–H groups in total. The molecule has 0 amide bonds. The summed E-state index contributed by atoms with van der Waals surface area (Å²) in [5, 5.41) is 9.73. The lowest BCUT2D eigenvalue weighted by atomic mass is 10.1. The van der Waals surface area contributed by atoms with Gasteiger partial charge in [-0.1, -0.05) is 42.8 Å². The van der Waals surface area contributed by atoms with E-state index in [1.165, 1.54) is 5.56 Å². The van der Waals surface area contributed by atoms with Crippen LogP contribution >= 0.6 is 11.6 Å². The minimum atomic E-state index is 0.313. The molecule has 0 saturated carbocycles. The van der Waals surface area contributed by atoms with Crippen molar-refractivity contribution in [3.05, 3.63) is 58.9 Å². The van der Waals surface area contributed by atoms with Crippen molar-refractivity contribution >= 4 is 17.2 Å². The smallest absolute Gasteiger partial charge is 0.139 e. The van der Waals surface area contributed by atoms with Gasteiger partial charge in [-0.15, -0.1) is 0 Å². The third kappa shape index (κ3) is 2.51. The molecule has 0 unspecified atom stereocenters. The molecule has 0 saturated heterocycles. The van der Waals surface area contributed by atoms with Crippen LogP contribution in [0.2, 0.25) is 5.02 Å². The van der Waals surface area contributed by atoms with Gasteiger partial charge < -0.3 is 4.40 Å². The summed E-state index contributed by atoms with van der Waals surface area (Å²) in [5.74, 6) is 0. The van der Waals surface area contributed by atoms with Crippen LogP contribution in [0.5, 0.6) is 0 Å². The van der Waals surface area contributed by atoms with Crippen LogP contribution in [0.15, 0.2) is 42.6 Å². The standard InChI is InChI=1S/C17H14ClN3/c1-2-12-3-5-13(6-4-12)17-15(7-9-19)21-10-8-14(18)11-16(21)20-17/h3-6,8,10-11H,2,7H2,1H3. The van der Waals surface area contributed by atoms with Crippen molar-refractivity contribution in [3.8, 4) is 17.3 Å². The Balaban J connectivity index is 2.20. The van der Waals surface area contributed by atoms with Gasteiger partial charge in [0.25, 0.3) is 0 Å². The van der Waals surface area contributed by atoms with Crippen LogP contribution in [0.25, 0.3) is 16.9 Å². The molecular formula is C17H14ClN3. The van der Waals surface area contributed by atoms with Gasteiger partial charge >= 0.3 is 0 Å². The maximum Gasteiger partial charge on any atom is 0.139 e. The molecule has 2 heterocycles. The molecule has 0 spiro atoms. The maximum atomic E-state index is 9.09. The van der Waals surface area contributed by atoms with Crippen LogP contribution in [0.3, 0.4) is 0 Å². The van der Waals surface area contributed by atoms with Gasteiger partial charge in [0.05, 0.1) is 23.9 Å². The summed E-state index contributed by atoms with van der Waals surface area (Å²) in [6.45, 7) is 2.13. The van der Waals surface area contributed by atoms with E-state index in [-0.39, 0.29) is 0 Å². The molecule has 1 aromatic carbocycles. The highest BCUT2D eigenvalue weighted by molar-refractivity contribution is 6.30. The average Bonchev–Trinajstić information content (AvgIpc) is 2.85. The highest BCUT2D eigenvalue weighted by atomic mass is 35.5. The van der Waals surface area contributed by atoms with E-state index < -0.39 is 0 Å². The molecule has 3 aromatic rings. The van der Waals surface area contributed by atoms with Gasteiger partial charge in [-0.3, -0.25) is 0 Å². The topological polar surface area (TPSA) is 41.1 Å². The fourth-order valence-electron chi connectivity index (χ4n) is 2.44. The van der Waals surface area contributed by atoms with Crippen molar-refractivity contribution in [3.63, 3.8) is 0 Å². The molecule has 0 aliphatic heterocycles. The molecule has 4 heteroatoms. The summed E-state index contributed by atoms with van der Waals surface area (Å²) in [6.07, 6.45) is 3.18. The molecule has 0 bridgehead atoms. The molecule has 104 valence electrons. The lowest BCUT2D eigenvalue weighted by Crippen LogP contribution is -1.93. The SMILES string of the molecule is CCc1ccc(-c2nc3cc(Cl)ccn3c2CC#N)cc1. The molecule has 0 fully saturated rings. The Labute approximate surface area is 128 Å². The average molecular weight is 296 g/mol. The largest absolute Gasteiger partial charge is 0.302 e. The summed E-state index contributed by atoms with van der Waals surface area (Å²) in [7, 11) is 0. The first kappa shape index (κ1) is 13.7. The number of fused-ring (bicyclic) bond motifs is 1. The van der Waals surface area contributed by atoms with Crippen molar-refractivity contribution in [2.45, 2.75) is 19.8 Å². The molecule has 2 aromatic heterocycles. The van der Waals surface area contributed by atoms with Crippen molar-refractivity contribution in [2.75, 3.05) is 0 Å². The molecule has 0 atom stereocenters. The quantitative estimate of drug-likeness (QED) is 0.723. The zero-order chi connectivity index (χ0) is 14.8. The predicted molar refractivity (Wildman–Crippen MR) is 84.3 cm³/mol. The second-order valence-electron chi connectivity index (χ2n) is 4.87. The second kappa shape index (κ2) is 5.59. The summed E-state index contributed by atoms with van der Waals surface area (Å²) in [6, 6.07) is 14.2. The van der Waals surface area contributed by atoms with E-state index in [1.54, 1.807) is 6.07 Å². The fraction of sp³-hybridized carbons (Fsp3) is 0.176. The summed E-state index contributed by atoms with van der Waals surface area (Å²) < 4.78 is 1.93. The molecule has 3 rings (SSSR count). The number of halogens is 1. The number of benzene rings is 1. The number of pyridine rings is 1. The van der Waals surface area contributed by atoms with Gasteiger partial charge in [0.15, 0.2) is 0 Å². The summed E-state index contributed by atoms with van der Waals surface area (Å²) in [4.78, 5) is 4.65. The Kier molecular flexibility index (Phi) is 3.64. The summed E-state index contributed by atoms with van der Waals surface area (Å²) >= 11 is 6.02. The molecule has 0 aliphatic rings. The van der Waals surface area contributed by atoms with Gasteiger partial charge in [-0.2, -0.15) is 5.26 Å². The monoisotopic (exact) mass is 295 g/mol. The normalized spacial score (nSPS) is 10.7. The van der Waals surface area contributed by atoms with E-state index in [0.717, 1.165) is 29.0 Å². The lowest BCUT2D eigenvalue weighted by Gasteiger charge is -2.03. The Morgan fingerprint density at radius 1 is 1.24 bits per heavy atom. The van der Waals surface area contributed by atoms with E-state index in [9.17, 15) is 0 Å². The first-order valence-electron chi connectivity index (χ1n) is 6.85. The van der Waals surface area contributed by atoms with E-state index in [4.69, 9.17) is 16.9 Å². The number of aromatic nitrogens is 2. The van der Waals surface area contributed by atoms with Crippen LogP contribution in [0, 0.1) is 11.3 Å². The Bertz CT molecular complexity index is 826. The van der Waals surface area contributed by atoms with Crippen LogP contribution in [-0.4, -0.2) is 9.38 Å². The number of nitriles is 1. The Hall–Kier alpha value is -2.31. The van der Waals surface area contributed by atoms with Crippen molar-refractivity contribution in [1.82, 2.24) is 9.38 Å². The highest BCUT2D eigenvalue weighted by Crippen LogP contribution is 2.26. The highest BCUT2D eigenvalue weighted by Gasteiger charge is 2.13. The molecule has 0 radical (unpaired) electrons. The van der Waals surface area contributed by atoms with Gasteiger partial charge in [-0.25, -0.2) is 4.98 Å². The van der Waals surface area contributed by atoms with Crippen molar-refractivity contribution in [1.29, 1.82) is 5.26 Å². The molecular weight excluding hydrogens is 282 g/mol. The van der Waals surface area contributed by atoms with Crippen molar-refractivity contribution < 1.29 is 0 Å². The van der Waals surface area contributed by atoms with E-state index in [2.05, 4.69) is 42.2 Å². The number of aryl methyl sites for hydroxylation is 1. The number of imidazole rings is 1. The third-order valence-electron chi connectivity index (χ3n) is 3.57. The van der Waals surface area contributed by atoms with Gasteiger partial charge in [-0.05, 0) is 18.1 Å². The zero-order valence-electron chi connectivity index (χ0n) is 11.7. The molecule has 3 nitrogen and oxygen atoms in total. The van der Waals surface area contributed by atoms with Gasteiger partial charge in [0.2, 0.25) is 0 Å². The second-order valence-corrected chi connectivity index (χ2v) is 5.30. The Morgan fingerprint density at radius 3 is 2.67 bits per heavy atom. The third-order valence-corrected chi connectivity index (χ3v) is 3.80. The predicted octanol–water partition coefficient (Wildman–Crippen LogP) is 4.28. The minimum Gasteiger partial charge on any atom is -0.302 e. The van der Waals surface area contributed by atoms with Gasteiger partial charge in [0, 0.05) is 22.8 Å². The van der Waals surface area contributed by atoms with Crippen LogP contribution in [0.4, 0.5) is 0 Å². The lowest BCUT2D eigenvalue weighted by molar-refractivity contribution is 1.06. The van der Waals surface area contributed by atoms with Crippen LogP contribution in [0.1, 0.15) is 18.2 Å².